The Morgan fingerprint density at radius 1 is 0.931 bits per heavy atom. The van der Waals surface area contributed by atoms with E-state index in [-0.39, 0.29) is 0 Å². The number of halogens is 1. The first-order valence-electron chi connectivity index (χ1n) is 8.56. The number of hydrogen-bond acceptors (Lipinski definition) is 8. The van der Waals surface area contributed by atoms with Gasteiger partial charge in [-0.15, -0.1) is 10.2 Å². The first-order chi connectivity index (χ1) is 14.1. The molecule has 4 aromatic rings. The van der Waals surface area contributed by atoms with Crippen LogP contribution in [0.3, 0.4) is 0 Å². The fraction of sp³-hybridized carbons (Fsp3) is 0.150. The number of rotatable bonds is 7. The van der Waals surface area contributed by atoms with Gasteiger partial charge in [0.2, 0.25) is 5.89 Å². The van der Waals surface area contributed by atoms with Gasteiger partial charge < -0.3 is 18.4 Å². The van der Waals surface area contributed by atoms with Crippen LogP contribution in [0.2, 0.25) is 5.02 Å². The number of methoxy groups -OCH3 is 2. The van der Waals surface area contributed by atoms with Gasteiger partial charge in [0.1, 0.15) is 23.0 Å². The van der Waals surface area contributed by atoms with E-state index in [9.17, 15) is 0 Å². The van der Waals surface area contributed by atoms with E-state index in [0.717, 1.165) is 11.3 Å². The van der Waals surface area contributed by atoms with Crippen molar-refractivity contribution < 1.29 is 18.4 Å². The predicted molar refractivity (Wildman–Crippen MR) is 109 cm³/mol. The van der Waals surface area contributed by atoms with E-state index in [1.807, 2.05) is 30.3 Å². The Morgan fingerprint density at radius 2 is 1.66 bits per heavy atom. The van der Waals surface area contributed by atoms with Crippen molar-refractivity contribution in [3.63, 3.8) is 0 Å². The van der Waals surface area contributed by atoms with E-state index in [0.29, 0.717) is 44.7 Å². The Morgan fingerprint density at radius 3 is 2.34 bits per heavy atom. The van der Waals surface area contributed by atoms with Gasteiger partial charge in [-0.1, -0.05) is 40.7 Å². The lowest BCUT2D eigenvalue weighted by atomic mass is 10.1. The summed E-state index contributed by atoms with van der Waals surface area (Å²) in [6, 6.07) is 14.7. The van der Waals surface area contributed by atoms with Gasteiger partial charge in [-0.2, -0.15) is 0 Å². The molecule has 0 atom stereocenters. The van der Waals surface area contributed by atoms with E-state index < -0.39 is 0 Å². The summed E-state index contributed by atoms with van der Waals surface area (Å²) in [4.78, 5) is 0. The maximum Gasteiger partial charge on any atom is 0.277 e. The molecule has 7 nitrogen and oxygen atoms in total. The van der Waals surface area contributed by atoms with Gasteiger partial charge in [0.25, 0.3) is 5.22 Å². The first-order valence-corrected chi connectivity index (χ1v) is 9.92. The van der Waals surface area contributed by atoms with Gasteiger partial charge in [-0.05, 0) is 24.3 Å². The molecule has 29 heavy (non-hydrogen) atoms. The quantitative estimate of drug-likeness (QED) is 0.363. The Hall–Kier alpha value is -2.97. The lowest BCUT2D eigenvalue weighted by molar-refractivity contribution is 0.393. The van der Waals surface area contributed by atoms with Crippen LogP contribution in [-0.4, -0.2) is 29.6 Å². The van der Waals surface area contributed by atoms with Gasteiger partial charge >= 0.3 is 0 Å². The second-order valence-electron chi connectivity index (χ2n) is 5.95. The lowest BCUT2D eigenvalue weighted by Gasteiger charge is -2.05. The summed E-state index contributed by atoms with van der Waals surface area (Å²) in [5.41, 5.74) is 2.39. The molecule has 0 fully saturated rings. The first kappa shape index (κ1) is 19.4. The molecule has 0 spiro atoms. The number of aromatic nitrogens is 3. The molecular weight excluding hydrogens is 414 g/mol. The van der Waals surface area contributed by atoms with Crippen LogP contribution >= 0.6 is 23.4 Å². The maximum absolute atomic E-state index is 5.92. The van der Waals surface area contributed by atoms with Crippen LogP contribution in [0.4, 0.5) is 0 Å². The Bertz CT molecular complexity index is 1090. The molecule has 0 saturated carbocycles. The highest BCUT2D eigenvalue weighted by atomic mass is 35.5. The molecule has 2 aromatic carbocycles. The van der Waals surface area contributed by atoms with Crippen molar-refractivity contribution in [1.82, 2.24) is 15.4 Å². The van der Waals surface area contributed by atoms with Crippen LogP contribution in [0.25, 0.3) is 22.7 Å². The number of thioether (sulfide) groups is 1. The highest BCUT2D eigenvalue weighted by Crippen LogP contribution is 2.31. The second-order valence-corrected chi connectivity index (χ2v) is 7.31. The van der Waals surface area contributed by atoms with Crippen molar-refractivity contribution in [2.75, 3.05) is 14.2 Å². The largest absolute Gasteiger partial charge is 0.497 e. The fourth-order valence-corrected chi connectivity index (χ4v) is 3.35. The number of nitrogens with zero attached hydrogens (tertiary/aromatic N) is 3. The number of benzene rings is 2. The minimum Gasteiger partial charge on any atom is -0.497 e. The van der Waals surface area contributed by atoms with Crippen molar-refractivity contribution in [2.45, 2.75) is 11.0 Å². The lowest BCUT2D eigenvalue weighted by Crippen LogP contribution is -1.88. The molecule has 0 unspecified atom stereocenters. The summed E-state index contributed by atoms with van der Waals surface area (Å²) in [5.74, 6) is 2.86. The summed E-state index contributed by atoms with van der Waals surface area (Å²) in [5, 5.41) is 13.4. The van der Waals surface area contributed by atoms with Gasteiger partial charge in [0, 0.05) is 28.3 Å². The molecule has 148 valence electrons. The topological polar surface area (TPSA) is 83.4 Å². The van der Waals surface area contributed by atoms with Crippen molar-refractivity contribution >= 4 is 23.4 Å². The molecule has 0 amide bonds. The van der Waals surface area contributed by atoms with Crippen LogP contribution in [0, 0.1) is 0 Å². The van der Waals surface area contributed by atoms with Crippen molar-refractivity contribution in [3.05, 3.63) is 59.3 Å². The van der Waals surface area contributed by atoms with E-state index in [2.05, 4.69) is 15.4 Å². The van der Waals surface area contributed by atoms with Crippen LogP contribution < -0.4 is 9.47 Å². The monoisotopic (exact) mass is 429 g/mol. The molecule has 0 aliphatic heterocycles. The Balaban J connectivity index is 1.44. The summed E-state index contributed by atoms with van der Waals surface area (Å²) >= 11 is 7.28. The highest BCUT2D eigenvalue weighted by molar-refractivity contribution is 7.98. The average molecular weight is 430 g/mol. The van der Waals surface area contributed by atoms with E-state index in [1.165, 1.54) is 11.8 Å². The smallest absolute Gasteiger partial charge is 0.277 e. The van der Waals surface area contributed by atoms with Gasteiger partial charge in [-0.3, -0.25) is 0 Å². The van der Waals surface area contributed by atoms with Crippen molar-refractivity contribution in [3.8, 4) is 34.2 Å². The molecule has 0 saturated heterocycles. The third-order valence-electron chi connectivity index (χ3n) is 4.04. The van der Waals surface area contributed by atoms with Crippen molar-refractivity contribution in [1.29, 1.82) is 0 Å². The standard InChI is InChI=1S/C20H16ClN3O4S/c1-25-15-7-13(8-16(9-15)26-2)19-22-23-20(27-19)29-11-17-10-18(24-28-17)12-3-5-14(21)6-4-12/h3-10H,11H2,1-2H3. The molecule has 0 aliphatic rings. The third-order valence-corrected chi connectivity index (χ3v) is 5.13. The van der Waals surface area contributed by atoms with Gasteiger partial charge in [0.15, 0.2) is 0 Å². The number of ether oxygens (including phenoxy) is 2. The summed E-state index contributed by atoms with van der Waals surface area (Å²) in [6.45, 7) is 0. The second kappa shape index (κ2) is 8.59. The molecule has 0 aliphatic carbocycles. The molecule has 2 aromatic heterocycles. The van der Waals surface area contributed by atoms with E-state index in [1.54, 1.807) is 32.4 Å². The minimum atomic E-state index is 0.379. The van der Waals surface area contributed by atoms with Gasteiger partial charge in [0.05, 0.1) is 20.0 Å². The summed E-state index contributed by atoms with van der Waals surface area (Å²) in [7, 11) is 3.17. The zero-order valence-electron chi connectivity index (χ0n) is 15.6. The molecule has 0 radical (unpaired) electrons. The SMILES string of the molecule is COc1cc(OC)cc(-c2nnc(SCc3cc(-c4ccc(Cl)cc4)no3)o2)c1. The van der Waals surface area contributed by atoms with Crippen LogP contribution in [0.15, 0.2) is 62.7 Å². The van der Waals surface area contributed by atoms with Crippen LogP contribution in [-0.2, 0) is 5.75 Å². The Labute approximate surface area is 176 Å². The maximum atomic E-state index is 5.92. The highest BCUT2D eigenvalue weighted by Gasteiger charge is 2.14. The fourth-order valence-electron chi connectivity index (χ4n) is 2.59. The zero-order valence-corrected chi connectivity index (χ0v) is 17.2. The molecule has 9 heteroatoms. The van der Waals surface area contributed by atoms with Gasteiger partial charge in [-0.25, -0.2) is 0 Å². The molecule has 0 N–H and O–H groups in total. The average Bonchev–Trinajstić information content (AvgIpc) is 3.42. The molecular formula is C20H16ClN3O4S. The summed E-state index contributed by atoms with van der Waals surface area (Å²) in [6.07, 6.45) is 0. The van der Waals surface area contributed by atoms with Crippen molar-refractivity contribution in [2.24, 2.45) is 0 Å². The Kier molecular flexibility index (Phi) is 5.73. The third kappa shape index (κ3) is 4.55. The predicted octanol–water partition coefficient (Wildman–Crippen LogP) is 5.35. The van der Waals surface area contributed by atoms with Crippen LogP contribution in [0.5, 0.6) is 11.5 Å². The summed E-state index contributed by atoms with van der Waals surface area (Å²) < 4.78 is 21.7. The zero-order chi connectivity index (χ0) is 20.2. The normalized spacial score (nSPS) is 10.9. The molecule has 0 bridgehead atoms. The van der Waals surface area contributed by atoms with E-state index in [4.69, 9.17) is 30.0 Å². The van der Waals surface area contributed by atoms with Crippen LogP contribution in [0.1, 0.15) is 5.76 Å². The minimum absolute atomic E-state index is 0.379. The molecule has 4 rings (SSSR count). The molecule has 2 heterocycles. The van der Waals surface area contributed by atoms with E-state index >= 15 is 0 Å². The number of hydrogen-bond donors (Lipinski definition) is 0.